The summed E-state index contributed by atoms with van der Waals surface area (Å²) in [5.41, 5.74) is 3.52. The van der Waals surface area contributed by atoms with Crippen molar-refractivity contribution in [2.45, 2.75) is 13.8 Å². The van der Waals surface area contributed by atoms with E-state index in [1.807, 2.05) is 71.7 Å². The van der Waals surface area contributed by atoms with Crippen LogP contribution < -0.4 is 4.90 Å². The Kier molecular flexibility index (Phi) is 4.16. The van der Waals surface area contributed by atoms with Gasteiger partial charge in [0.05, 0.1) is 5.52 Å². The maximum absolute atomic E-state index is 12.9. The maximum atomic E-state index is 12.9. The minimum absolute atomic E-state index is 0.0971. The molecule has 0 saturated carbocycles. The second kappa shape index (κ2) is 6.84. The molecule has 5 rings (SSSR count). The number of fused-ring (bicyclic) bond motifs is 3. The van der Waals surface area contributed by atoms with Crippen LogP contribution >= 0.6 is 0 Å². The Morgan fingerprint density at radius 2 is 1.62 bits per heavy atom. The first kappa shape index (κ1) is 17.6. The van der Waals surface area contributed by atoms with Gasteiger partial charge >= 0.3 is 0 Å². The molecule has 0 atom stereocenters. The van der Waals surface area contributed by atoms with Gasteiger partial charge in [0.2, 0.25) is 5.95 Å². The van der Waals surface area contributed by atoms with E-state index in [9.17, 15) is 4.79 Å². The van der Waals surface area contributed by atoms with Crippen LogP contribution in [0.25, 0.3) is 16.6 Å². The van der Waals surface area contributed by atoms with E-state index < -0.39 is 0 Å². The van der Waals surface area contributed by atoms with Crippen LogP contribution in [-0.4, -0.2) is 56.6 Å². The Labute approximate surface area is 168 Å². The average Bonchev–Trinajstić information content (AvgIpc) is 3.15. The van der Waals surface area contributed by atoms with Crippen LogP contribution in [0.5, 0.6) is 0 Å². The van der Waals surface area contributed by atoms with Crippen LogP contribution in [0, 0.1) is 13.8 Å². The number of piperazine rings is 1. The summed E-state index contributed by atoms with van der Waals surface area (Å²) in [6.45, 7) is 6.67. The fraction of sp³-hybridized carbons (Fsp3) is 0.273. The third-order valence-corrected chi connectivity index (χ3v) is 5.62. The smallest absolute Gasteiger partial charge is 0.254 e. The predicted molar refractivity (Wildman–Crippen MR) is 112 cm³/mol. The molecule has 0 bridgehead atoms. The second-order valence-electron chi connectivity index (χ2n) is 7.43. The fourth-order valence-electron chi connectivity index (χ4n) is 4.00. The van der Waals surface area contributed by atoms with Crippen molar-refractivity contribution in [3.05, 3.63) is 65.5 Å². The zero-order valence-electron chi connectivity index (χ0n) is 16.5. The van der Waals surface area contributed by atoms with E-state index in [1.165, 1.54) is 0 Å². The number of aromatic nitrogens is 4. The van der Waals surface area contributed by atoms with E-state index >= 15 is 0 Å². The highest BCUT2D eigenvalue weighted by Gasteiger charge is 2.26. The molecule has 0 aliphatic carbocycles. The molecule has 1 amide bonds. The first-order chi connectivity index (χ1) is 14.1. The molecule has 3 heterocycles. The Morgan fingerprint density at radius 1 is 0.897 bits per heavy atom. The lowest BCUT2D eigenvalue weighted by atomic mass is 10.1. The summed E-state index contributed by atoms with van der Waals surface area (Å²) in [5, 5.41) is 9.64. The summed E-state index contributed by atoms with van der Waals surface area (Å²) in [6, 6.07) is 15.8. The number of carbonyl (C=O) groups is 1. The van der Waals surface area contributed by atoms with Crippen molar-refractivity contribution in [2.75, 3.05) is 31.1 Å². The molecule has 4 aromatic rings. The first-order valence-corrected chi connectivity index (χ1v) is 9.84. The van der Waals surface area contributed by atoms with Crippen LogP contribution in [0.1, 0.15) is 21.7 Å². The molecular formula is C22H22N6O. The Bertz CT molecular complexity index is 1220. The highest BCUT2D eigenvalue weighted by Crippen LogP contribution is 2.25. The van der Waals surface area contributed by atoms with Crippen molar-refractivity contribution in [3.8, 4) is 0 Å². The monoisotopic (exact) mass is 386 g/mol. The van der Waals surface area contributed by atoms with Gasteiger partial charge in [-0.1, -0.05) is 30.3 Å². The third kappa shape index (κ3) is 2.90. The topological polar surface area (TPSA) is 66.6 Å². The van der Waals surface area contributed by atoms with E-state index in [0.717, 1.165) is 52.5 Å². The number of benzene rings is 2. The summed E-state index contributed by atoms with van der Waals surface area (Å²) in [6.07, 6.45) is 0. The number of anilines is 1. The van der Waals surface area contributed by atoms with Gasteiger partial charge in [-0.3, -0.25) is 4.79 Å². The molecule has 1 aliphatic rings. The number of para-hydroxylation sites is 1. The normalized spacial score (nSPS) is 14.7. The molecule has 7 nitrogen and oxygen atoms in total. The highest BCUT2D eigenvalue weighted by atomic mass is 16.2. The number of amides is 1. The first-order valence-electron chi connectivity index (χ1n) is 9.84. The van der Waals surface area contributed by atoms with Gasteiger partial charge in [0.25, 0.3) is 5.91 Å². The number of carbonyl (C=O) groups excluding carboxylic acids is 1. The number of rotatable bonds is 2. The van der Waals surface area contributed by atoms with Crippen LogP contribution in [0.4, 0.5) is 5.95 Å². The Hall–Kier alpha value is -3.48. The molecule has 0 radical (unpaired) electrons. The number of hydrogen-bond donors (Lipinski definition) is 0. The van der Waals surface area contributed by atoms with Gasteiger partial charge in [-0.05, 0) is 37.6 Å². The molecule has 7 heteroatoms. The molecule has 146 valence electrons. The van der Waals surface area contributed by atoms with Crippen LogP contribution in [-0.2, 0) is 0 Å². The lowest BCUT2D eigenvalue weighted by Crippen LogP contribution is -2.49. The molecule has 1 fully saturated rings. The predicted octanol–water partition coefficient (Wildman–Crippen LogP) is 2.86. The van der Waals surface area contributed by atoms with E-state index in [-0.39, 0.29) is 5.91 Å². The van der Waals surface area contributed by atoms with Crippen molar-refractivity contribution in [2.24, 2.45) is 0 Å². The van der Waals surface area contributed by atoms with Gasteiger partial charge in [-0.25, -0.2) is 9.38 Å². The van der Waals surface area contributed by atoms with Crippen LogP contribution in [0.2, 0.25) is 0 Å². The lowest BCUT2D eigenvalue weighted by molar-refractivity contribution is 0.0745. The summed E-state index contributed by atoms with van der Waals surface area (Å²) in [5.74, 6) is 1.75. The van der Waals surface area contributed by atoms with Gasteiger partial charge < -0.3 is 9.80 Å². The minimum Gasteiger partial charge on any atom is -0.338 e. The summed E-state index contributed by atoms with van der Waals surface area (Å²) in [4.78, 5) is 22.0. The van der Waals surface area contributed by atoms with Crippen molar-refractivity contribution < 1.29 is 4.79 Å². The third-order valence-electron chi connectivity index (χ3n) is 5.62. The van der Waals surface area contributed by atoms with Gasteiger partial charge in [-0.2, -0.15) is 0 Å². The molecule has 1 saturated heterocycles. The van der Waals surface area contributed by atoms with Gasteiger partial charge in [0.1, 0.15) is 5.82 Å². The molecule has 0 N–H and O–H groups in total. The molecule has 2 aromatic carbocycles. The quantitative estimate of drug-likeness (QED) is 0.530. The molecule has 1 aliphatic heterocycles. The standard InChI is InChI=1S/C22H22N6O/c1-15-7-3-4-8-17(15)21(29)26-11-13-27(14-12-26)22-23-19-10-6-5-9-18(19)20-25-24-16(2)28(20)22/h3-10H,11-14H2,1-2H3. The van der Waals surface area contributed by atoms with E-state index in [4.69, 9.17) is 4.98 Å². The molecular weight excluding hydrogens is 364 g/mol. The minimum atomic E-state index is 0.0971. The SMILES string of the molecule is Cc1ccccc1C(=O)N1CCN(c2nc3ccccc3c3nnc(C)n23)CC1. The lowest BCUT2D eigenvalue weighted by Gasteiger charge is -2.35. The van der Waals surface area contributed by atoms with Crippen molar-refractivity contribution in [1.82, 2.24) is 24.5 Å². The van der Waals surface area contributed by atoms with Crippen LogP contribution in [0.15, 0.2) is 48.5 Å². The van der Waals surface area contributed by atoms with Gasteiger partial charge in [0.15, 0.2) is 5.65 Å². The van der Waals surface area contributed by atoms with Crippen molar-refractivity contribution >= 4 is 28.4 Å². The van der Waals surface area contributed by atoms with E-state index in [1.54, 1.807) is 0 Å². The Balaban J connectivity index is 1.45. The van der Waals surface area contributed by atoms with Gasteiger partial charge in [-0.15, -0.1) is 10.2 Å². The number of nitrogens with zero attached hydrogens (tertiary/aromatic N) is 6. The molecule has 2 aromatic heterocycles. The largest absolute Gasteiger partial charge is 0.338 e. The molecule has 29 heavy (non-hydrogen) atoms. The zero-order chi connectivity index (χ0) is 20.0. The zero-order valence-corrected chi connectivity index (χ0v) is 16.5. The molecule has 0 unspecified atom stereocenters. The second-order valence-corrected chi connectivity index (χ2v) is 7.43. The van der Waals surface area contributed by atoms with E-state index in [0.29, 0.717) is 13.1 Å². The van der Waals surface area contributed by atoms with Crippen molar-refractivity contribution in [1.29, 1.82) is 0 Å². The summed E-state index contributed by atoms with van der Waals surface area (Å²) >= 11 is 0. The number of aryl methyl sites for hydroxylation is 2. The summed E-state index contributed by atoms with van der Waals surface area (Å²) < 4.78 is 2.02. The maximum Gasteiger partial charge on any atom is 0.254 e. The number of hydrogen-bond acceptors (Lipinski definition) is 5. The van der Waals surface area contributed by atoms with Crippen molar-refractivity contribution in [3.63, 3.8) is 0 Å². The molecule has 0 spiro atoms. The summed E-state index contributed by atoms with van der Waals surface area (Å²) in [7, 11) is 0. The van der Waals surface area contributed by atoms with E-state index in [2.05, 4.69) is 15.1 Å². The highest BCUT2D eigenvalue weighted by molar-refractivity contribution is 5.96. The van der Waals surface area contributed by atoms with Gasteiger partial charge in [0, 0.05) is 37.1 Å². The Morgan fingerprint density at radius 3 is 2.41 bits per heavy atom. The average molecular weight is 386 g/mol. The van der Waals surface area contributed by atoms with Crippen LogP contribution in [0.3, 0.4) is 0 Å². The fourth-order valence-corrected chi connectivity index (χ4v) is 4.00.